The highest BCUT2D eigenvalue weighted by molar-refractivity contribution is 5.61. The van der Waals surface area contributed by atoms with Crippen molar-refractivity contribution in [1.82, 2.24) is 9.97 Å². The first-order valence-corrected chi connectivity index (χ1v) is 9.34. The monoisotopic (exact) mass is 322 g/mol. The van der Waals surface area contributed by atoms with Gasteiger partial charge >= 0.3 is 0 Å². The molecule has 0 aliphatic heterocycles. The maximum Gasteiger partial charge on any atom is 0.163 e. The molecule has 0 saturated heterocycles. The van der Waals surface area contributed by atoms with E-state index in [1.165, 1.54) is 51.4 Å². The summed E-state index contributed by atoms with van der Waals surface area (Å²) >= 11 is 0. The Morgan fingerprint density at radius 1 is 0.708 bits per heavy atom. The lowest BCUT2D eigenvalue weighted by molar-refractivity contribution is 0.617. The van der Waals surface area contributed by atoms with Crippen LogP contribution in [-0.2, 0) is 0 Å². The van der Waals surface area contributed by atoms with E-state index in [-0.39, 0.29) is 0 Å². The maximum atomic E-state index is 4.79. The van der Waals surface area contributed by atoms with Gasteiger partial charge in [-0.1, -0.05) is 56.0 Å². The Hall–Kier alpha value is -2.10. The molecule has 0 atom stereocenters. The van der Waals surface area contributed by atoms with Crippen LogP contribution in [-0.4, -0.2) is 22.1 Å². The standard InChI is InChI=1S/C20H26N4/c1-2-7-11-16(10-6-1)21-18-14-19(22-17-12-13-17)24-20(23-18)15-8-4-3-5-9-15/h3-5,8-9,14,16-17H,1-2,6-7,10-13H2,(H2,21,22,23,24). The molecular formula is C20H26N4. The van der Waals surface area contributed by atoms with E-state index in [4.69, 9.17) is 9.97 Å². The Bertz CT molecular complexity index is 659. The molecule has 0 unspecified atom stereocenters. The molecular weight excluding hydrogens is 296 g/mol. The first-order chi connectivity index (χ1) is 11.9. The van der Waals surface area contributed by atoms with Crippen molar-refractivity contribution in [2.24, 2.45) is 0 Å². The third-order valence-corrected chi connectivity index (χ3v) is 4.89. The van der Waals surface area contributed by atoms with E-state index in [9.17, 15) is 0 Å². The SMILES string of the molecule is c1ccc(-c2nc(NC3CCCCCC3)cc(NC3CC3)n2)cc1. The van der Waals surface area contributed by atoms with Gasteiger partial charge in [-0.05, 0) is 25.7 Å². The number of rotatable bonds is 5. The van der Waals surface area contributed by atoms with E-state index in [2.05, 4.69) is 28.8 Å². The second-order valence-electron chi connectivity index (χ2n) is 7.08. The van der Waals surface area contributed by atoms with E-state index < -0.39 is 0 Å². The summed E-state index contributed by atoms with van der Waals surface area (Å²) in [6.45, 7) is 0. The van der Waals surface area contributed by atoms with Crippen molar-refractivity contribution < 1.29 is 0 Å². The number of hydrogen-bond acceptors (Lipinski definition) is 4. The number of aromatic nitrogens is 2. The fourth-order valence-electron chi connectivity index (χ4n) is 3.38. The van der Waals surface area contributed by atoms with Gasteiger partial charge in [0.15, 0.2) is 5.82 Å². The second-order valence-corrected chi connectivity index (χ2v) is 7.08. The largest absolute Gasteiger partial charge is 0.367 e. The maximum absolute atomic E-state index is 4.79. The summed E-state index contributed by atoms with van der Waals surface area (Å²) in [5.41, 5.74) is 1.07. The van der Waals surface area contributed by atoms with Crippen molar-refractivity contribution in [3.05, 3.63) is 36.4 Å². The molecule has 0 bridgehead atoms. The Balaban J connectivity index is 1.59. The van der Waals surface area contributed by atoms with Crippen molar-refractivity contribution in [2.45, 2.75) is 63.5 Å². The molecule has 1 aromatic carbocycles. The van der Waals surface area contributed by atoms with E-state index >= 15 is 0 Å². The number of nitrogens with zero attached hydrogens (tertiary/aromatic N) is 2. The first-order valence-electron chi connectivity index (χ1n) is 9.34. The molecule has 4 rings (SSSR count). The van der Waals surface area contributed by atoms with Crippen LogP contribution in [0.2, 0.25) is 0 Å². The van der Waals surface area contributed by atoms with Gasteiger partial charge in [0.1, 0.15) is 11.6 Å². The van der Waals surface area contributed by atoms with Gasteiger partial charge in [-0.2, -0.15) is 0 Å². The molecule has 126 valence electrons. The summed E-state index contributed by atoms with van der Waals surface area (Å²) in [5.74, 6) is 2.71. The molecule has 0 amide bonds. The van der Waals surface area contributed by atoms with Crippen molar-refractivity contribution in [3.63, 3.8) is 0 Å². The minimum atomic E-state index is 0.541. The summed E-state index contributed by atoms with van der Waals surface area (Å²) in [7, 11) is 0. The number of anilines is 2. The van der Waals surface area contributed by atoms with Crippen molar-refractivity contribution in [3.8, 4) is 11.4 Å². The molecule has 4 nitrogen and oxygen atoms in total. The van der Waals surface area contributed by atoms with E-state index in [0.29, 0.717) is 12.1 Å². The Kier molecular flexibility index (Phi) is 4.63. The molecule has 2 fully saturated rings. The predicted octanol–water partition coefficient (Wildman–Crippen LogP) is 4.85. The zero-order valence-electron chi connectivity index (χ0n) is 14.2. The molecule has 2 saturated carbocycles. The highest BCUT2D eigenvalue weighted by atomic mass is 15.1. The van der Waals surface area contributed by atoms with Crippen LogP contribution in [0.15, 0.2) is 36.4 Å². The van der Waals surface area contributed by atoms with Gasteiger partial charge in [0.2, 0.25) is 0 Å². The van der Waals surface area contributed by atoms with Gasteiger partial charge in [0.25, 0.3) is 0 Å². The lowest BCUT2D eigenvalue weighted by Gasteiger charge is -2.18. The molecule has 2 aromatic rings. The van der Waals surface area contributed by atoms with Crippen molar-refractivity contribution >= 4 is 11.6 Å². The van der Waals surface area contributed by atoms with Crippen molar-refractivity contribution in [1.29, 1.82) is 0 Å². The van der Waals surface area contributed by atoms with Crippen LogP contribution in [0.4, 0.5) is 11.6 Å². The van der Waals surface area contributed by atoms with Crippen LogP contribution in [0.5, 0.6) is 0 Å². The van der Waals surface area contributed by atoms with E-state index in [0.717, 1.165) is 23.0 Å². The predicted molar refractivity (Wildman–Crippen MR) is 99.2 cm³/mol. The highest BCUT2D eigenvalue weighted by Gasteiger charge is 2.22. The summed E-state index contributed by atoms with van der Waals surface area (Å²) in [6.07, 6.45) is 10.4. The van der Waals surface area contributed by atoms with Crippen molar-refractivity contribution in [2.75, 3.05) is 10.6 Å². The molecule has 1 aromatic heterocycles. The third kappa shape index (κ3) is 4.05. The molecule has 0 spiro atoms. The quantitative estimate of drug-likeness (QED) is 0.772. The molecule has 2 aliphatic rings. The van der Waals surface area contributed by atoms with Crippen LogP contribution in [0.25, 0.3) is 11.4 Å². The lowest BCUT2D eigenvalue weighted by Crippen LogP contribution is -2.19. The average Bonchev–Trinajstić information content (AvgIpc) is 3.44. The molecule has 2 N–H and O–H groups in total. The number of benzene rings is 1. The normalized spacial score (nSPS) is 18.8. The number of hydrogen-bond donors (Lipinski definition) is 2. The fraction of sp³-hybridized carbons (Fsp3) is 0.500. The Labute approximate surface area is 144 Å². The molecule has 4 heteroatoms. The van der Waals surface area contributed by atoms with Crippen LogP contribution in [0.1, 0.15) is 51.4 Å². The summed E-state index contributed by atoms with van der Waals surface area (Å²) in [6, 6.07) is 13.5. The van der Waals surface area contributed by atoms with Gasteiger partial charge in [0, 0.05) is 23.7 Å². The third-order valence-electron chi connectivity index (χ3n) is 4.89. The number of nitrogens with one attached hydrogen (secondary N) is 2. The molecule has 2 aliphatic carbocycles. The Morgan fingerprint density at radius 2 is 1.29 bits per heavy atom. The smallest absolute Gasteiger partial charge is 0.163 e. The van der Waals surface area contributed by atoms with Gasteiger partial charge in [-0.3, -0.25) is 0 Å². The van der Waals surface area contributed by atoms with E-state index in [1.807, 2.05) is 18.2 Å². The highest BCUT2D eigenvalue weighted by Crippen LogP contribution is 2.28. The van der Waals surface area contributed by atoms with Gasteiger partial charge < -0.3 is 10.6 Å². The summed E-state index contributed by atoms with van der Waals surface area (Å²) < 4.78 is 0. The van der Waals surface area contributed by atoms with Crippen LogP contribution in [0, 0.1) is 0 Å². The topological polar surface area (TPSA) is 49.8 Å². The summed E-state index contributed by atoms with van der Waals surface area (Å²) in [5, 5.41) is 7.20. The lowest BCUT2D eigenvalue weighted by atomic mass is 10.1. The van der Waals surface area contributed by atoms with Gasteiger partial charge in [-0.25, -0.2) is 9.97 Å². The average molecular weight is 322 g/mol. The van der Waals surface area contributed by atoms with Crippen LogP contribution < -0.4 is 10.6 Å². The fourth-order valence-corrected chi connectivity index (χ4v) is 3.38. The molecule has 0 radical (unpaired) electrons. The Morgan fingerprint density at radius 3 is 1.88 bits per heavy atom. The second kappa shape index (κ2) is 7.20. The first kappa shape index (κ1) is 15.4. The van der Waals surface area contributed by atoms with Crippen LogP contribution in [0.3, 0.4) is 0 Å². The zero-order chi connectivity index (χ0) is 16.2. The summed E-state index contributed by atoms with van der Waals surface area (Å²) in [4.78, 5) is 9.53. The van der Waals surface area contributed by atoms with Gasteiger partial charge in [-0.15, -0.1) is 0 Å². The molecule has 1 heterocycles. The van der Waals surface area contributed by atoms with Gasteiger partial charge in [0.05, 0.1) is 0 Å². The minimum Gasteiger partial charge on any atom is -0.367 e. The van der Waals surface area contributed by atoms with Crippen LogP contribution >= 0.6 is 0 Å². The zero-order valence-corrected chi connectivity index (χ0v) is 14.2. The molecule has 24 heavy (non-hydrogen) atoms. The minimum absolute atomic E-state index is 0.541. The van der Waals surface area contributed by atoms with E-state index in [1.54, 1.807) is 0 Å².